The van der Waals surface area contributed by atoms with E-state index in [0.29, 0.717) is 34.6 Å². The topological polar surface area (TPSA) is 378 Å². The fraction of sp³-hybridized carbons (Fsp3) is 0.0455. The second-order valence-electron chi connectivity index (χ2n) is 15.2. The zero-order valence-corrected chi connectivity index (χ0v) is 39.2. The minimum Gasteiger partial charge on any atom is -0.507 e. The highest BCUT2D eigenvalue weighted by Crippen LogP contribution is 2.47. The molecular formula is C44H33N5O18S4. The van der Waals surface area contributed by atoms with Gasteiger partial charge in [0, 0.05) is 34.3 Å². The number of anilines is 2. The summed E-state index contributed by atoms with van der Waals surface area (Å²) >= 11 is 0. The van der Waals surface area contributed by atoms with Crippen molar-refractivity contribution in [3.05, 3.63) is 109 Å². The first kappa shape index (κ1) is 49.4. The molecule has 8 rings (SSSR count). The van der Waals surface area contributed by atoms with Crippen molar-refractivity contribution in [1.29, 1.82) is 0 Å². The monoisotopic (exact) mass is 1050 g/mol. The minimum atomic E-state index is -5.18. The fourth-order valence-electron chi connectivity index (χ4n) is 7.41. The van der Waals surface area contributed by atoms with E-state index in [2.05, 4.69) is 25.8 Å². The van der Waals surface area contributed by atoms with E-state index in [1.54, 1.807) is 12.1 Å². The fourth-order valence-corrected chi connectivity index (χ4v) is 9.80. The lowest BCUT2D eigenvalue weighted by Gasteiger charge is -2.13. The largest absolute Gasteiger partial charge is 0.507 e. The summed E-state index contributed by atoms with van der Waals surface area (Å²) in [5.41, 5.74) is 0.218. The lowest BCUT2D eigenvalue weighted by molar-refractivity contribution is 0.415. The Bertz CT molecular complexity index is 4110. The van der Waals surface area contributed by atoms with E-state index in [4.69, 9.17) is 9.47 Å². The molecular weight excluding hydrogens is 1010 g/mol. The predicted molar refractivity (Wildman–Crippen MR) is 254 cm³/mol. The average Bonchev–Trinajstić information content (AvgIpc) is 3.29. The Kier molecular flexibility index (Phi) is 12.6. The first-order chi connectivity index (χ1) is 33.2. The molecule has 0 amide bonds. The van der Waals surface area contributed by atoms with Crippen LogP contribution in [-0.4, -0.2) is 86.5 Å². The van der Waals surface area contributed by atoms with Gasteiger partial charge in [0.1, 0.15) is 55.5 Å². The SMILES string of the molecule is COc1cc(-c2ccc(N=Nc3c(S(=O)(=O)O)cc4cc(S(=O)(=O)O)cc(O)c4c3O)c(OC)c2)ccc1N=Nc1c(S(=O)(=O)O)cc2cc(Nc3ccc4c(O)cc(S(=O)(=O)O)cc4c3)ccc2c1O. The van der Waals surface area contributed by atoms with E-state index in [-0.39, 0.29) is 50.2 Å². The third-order valence-corrected chi connectivity index (χ3v) is 14.1. The zero-order chi connectivity index (χ0) is 51.5. The lowest BCUT2D eigenvalue weighted by atomic mass is 10.0. The number of phenols is 4. The molecule has 8 aromatic rings. The maximum absolute atomic E-state index is 12.7. The van der Waals surface area contributed by atoms with Gasteiger partial charge >= 0.3 is 0 Å². The number of hydrogen-bond donors (Lipinski definition) is 9. The molecule has 0 aromatic heterocycles. The Morgan fingerprint density at radius 1 is 0.437 bits per heavy atom. The molecule has 0 fully saturated rings. The van der Waals surface area contributed by atoms with E-state index >= 15 is 0 Å². The summed E-state index contributed by atoms with van der Waals surface area (Å²) in [6.45, 7) is 0. The van der Waals surface area contributed by atoms with Crippen LogP contribution in [0.2, 0.25) is 0 Å². The van der Waals surface area contributed by atoms with Gasteiger partial charge in [-0.2, -0.15) is 33.7 Å². The van der Waals surface area contributed by atoms with Crippen molar-refractivity contribution < 1.29 is 81.8 Å². The van der Waals surface area contributed by atoms with Gasteiger partial charge in [0.05, 0.1) is 29.4 Å². The van der Waals surface area contributed by atoms with Gasteiger partial charge in [0.25, 0.3) is 40.5 Å². The van der Waals surface area contributed by atoms with Gasteiger partial charge in [-0.15, -0.1) is 20.5 Å². The number of azo groups is 2. The first-order valence-electron chi connectivity index (χ1n) is 19.7. The Hall–Kier alpha value is -8.02. The highest BCUT2D eigenvalue weighted by atomic mass is 32.2. The van der Waals surface area contributed by atoms with Crippen LogP contribution in [-0.2, 0) is 40.5 Å². The van der Waals surface area contributed by atoms with Crippen LogP contribution in [0.4, 0.5) is 34.1 Å². The number of nitrogens with one attached hydrogen (secondary N) is 1. The van der Waals surface area contributed by atoms with E-state index in [0.717, 1.165) is 24.3 Å². The highest BCUT2D eigenvalue weighted by Gasteiger charge is 2.26. The highest BCUT2D eigenvalue weighted by molar-refractivity contribution is 7.86. The number of ether oxygens (including phenoxy) is 2. The van der Waals surface area contributed by atoms with Crippen LogP contribution in [0.3, 0.4) is 0 Å². The van der Waals surface area contributed by atoms with Crippen molar-refractivity contribution in [2.24, 2.45) is 20.5 Å². The van der Waals surface area contributed by atoms with Gasteiger partial charge < -0.3 is 35.2 Å². The van der Waals surface area contributed by atoms with E-state index in [1.807, 2.05) is 0 Å². The lowest BCUT2D eigenvalue weighted by Crippen LogP contribution is -2.01. The number of nitrogens with zero attached hydrogens (tertiary/aromatic N) is 4. The van der Waals surface area contributed by atoms with Crippen molar-refractivity contribution in [2.45, 2.75) is 19.6 Å². The molecule has 9 N–H and O–H groups in total. The zero-order valence-electron chi connectivity index (χ0n) is 36.0. The van der Waals surface area contributed by atoms with Crippen molar-refractivity contribution in [1.82, 2.24) is 0 Å². The molecule has 27 heteroatoms. The van der Waals surface area contributed by atoms with Crippen LogP contribution in [0.15, 0.2) is 149 Å². The van der Waals surface area contributed by atoms with Gasteiger partial charge in [-0.05, 0) is 112 Å². The molecule has 0 atom stereocenters. The van der Waals surface area contributed by atoms with Crippen LogP contribution in [0.1, 0.15) is 0 Å². The summed E-state index contributed by atoms with van der Waals surface area (Å²) in [6, 6.07) is 23.0. The summed E-state index contributed by atoms with van der Waals surface area (Å²) in [5, 5.41) is 62.0. The number of phenolic OH excluding ortho intramolecular Hbond substituents is 4. The number of hydrogen-bond acceptors (Lipinski definition) is 19. The normalized spacial score (nSPS) is 12.6. The molecule has 0 aliphatic heterocycles. The van der Waals surface area contributed by atoms with Crippen molar-refractivity contribution in [2.75, 3.05) is 19.5 Å². The molecule has 0 aliphatic carbocycles. The number of fused-ring (bicyclic) bond motifs is 3. The van der Waals surface area contributed by atoms with Crippen LogP contribution >= 0.6 is 0 Å². The van der Waals surface area contributed by atoms with Gasteiger partial charge in [0.2, 0.25) is 0 Å². The molecule has 0 heterocycles. The van der Waals surface area contributed by atoms with Gasteiger partial charge in [-0.1, -0.05) is 12.1 Å². The van der Waals surface area contributed by atoms with E-state index in [1.165, 1.54) is 74.9 Å². The maximum atomic E-state index is 12.7. The first-order valence-corrected chi connectivity index (χ1v) is 25.5. The Labute approximate surface area is 401 Å². The summed E-state index contributed by atoms with van der Waals surface area (Å²) < 4.78 is 147. The Morgan fingerprint density at radius 3 is 1.35 bits per heavy atom. The van der Waals surface area contributed by atoms with Crippen LogP contribution < -0.4 is 14.8 Å². The summed E-state index contributed by atoms with van der Waals surface area (Å²) in [6.07, 6.45) is 0. The summed E-state index contributed by atoms with van der Waals surface area (Å²) in [7, 11) is -17.2. The molecule has 0 spiro atoms. The third kappa shape index (κ3) is 9.91. The molecule has 8 aromatic carbocycles. The average molecular weight is 1050 g/mol. The van der Waals surface area contributed by atoms with E-state index < -0.39 is 99.5 Å². The molecule has 0 bridgehead atoms. The van der Waals surface area contributed by atoms with Crippen LogP contribution in [0.5, 0.6) is 34.5 Å². The molecule has 71 heavy (non-hydrogen) atoms. The maximum Gasteiger partial charge on any atom is 0.296 e. The Balaban J connectivity index is 1.09. The van der Waals surface area contributed by atoms with Gasteiger partial charge in [-0.25, -0.2) is 0 Å². The van der Waals surface area contributed by atoms with E-state index in [9.17, 15) is 72.3 Å². The molecule has 0 radical (unpaired) electrons. The minimum absolute atomic E-state index is 0.0338. The number of methoxy groups -OCH3 is 2. The third-order valence-electron chi connectivity index (χ3n) is 10.7. The second-order valence-corrected chi connectivity index (χ2v) is 20.8. The number of benzene rings is 8. The Morgan fingerprint density at radius 2 is 0.873 bits per heavy atom. The predicted octanol–water partition coefficient (Wildman–Crippen LogP) is 9.21. The second kappa shape index (κ2) is 18.1. The van der Waals surface area contributed by atoms with Gasteiger partial charge in [-0.3, -0.25) is 18.2 Å². The molecule has 366 valence electrons. The summed E-state index contributed by atoms with van der Waals surface area (Å²) in [5.74, 6) is -2.82. The number of aromatic hydroxyl groups is 4. The standard InChI is InChI=1S/C44H33N5O18S4/c1-66-36-15-21(22-4-10-33(37(16-22)67-2)47-49-42-39(71(63,64)65)18-25-14-29(69(57,58)59)20-35(51)40(25)44(42)53)3-9-32(36)46-48-41-38(70(60,61)62)17-24-12-27(6-8-31(24)43(41)52)45-26-5-7-30-23(11-26)13-28(19-34(30)50)68(54,55)56/h3-20,45,50-53H,1-2H3,(H,54,55,56)(H,57,58,59)(H,60,61,62)(H,63,64,65). The van der Waals surface area contributed by atoms with Crippen LogP contribution in [0, 0.1) is 0 Å². The quantitative estimate of drug-likeness (QED) is 0.0383. The number of rotatable bonds is 13. The van der Waals surface area contributed by atoms with Crippen LogP contribution in [0.25, 0.3) is 43.4 Å². The molecule has 0 saturated heterocycles. The van der Waals surface area contributed by atoms with Crippen molar-refractivity contribution >= 4 is 107 Å². The van der Waals surface area contributed by atoms with Gasteiger partial charge in [0.15, 0.2) is 11.5 Å². The van der Waals surface area contributed by atoms with Crippen molar-refractivity contribution in [3.63, 3.8) is 0 Å². The smallest absolute Gasteiger partial charge is 0.296 e. The molecule has 23 nitrogen and oxygen atoms in total. The summed E-state index contributed by atoms with van der Waals surface area (Å²) in [4.78, 5) is -3.20. The molecule has 0 aliphatic rings. The molecule has 0 saturated carbocycles. The molecule has 0 unspecified atom stereocenters. The van der Waals surface area contributed by atoms with Crippen molar-refractivity contribution in [3.8, 4) is 45.6 Å².